The molecule has 0 saturated heterocycles. The zero-order valence-electron chi connectivity index (χ0n) is 16.8. The molecule has 0 amide bonds. The molecule has 1 aromatic heterocycles. The van der Waals surface area contributed by atoms with Crippen molar-refractivity contribution in [1.82, 2.24) is 4.98 Å². The van der Waals surface area contributed by atoms with Crippen molar-refractivity contribution in [2.24, 2.45) is 0 Å². The van der Waals surface area contributed by atoms with Crippen LogP contribution in [0.4, 0.5) is 11.4 Å². The van der Waals surface area contributed by atoms with E-state index in [1.54, 1.807) is 0 Å². The zero-order chi connectivity index (χ0) is 18.9. The van der Waals surface area contributed by atoms with Crippen molar-refractivity contribution in [1.29, 1.82) is 0 Å². The van der Waals surface area contributed by atoms with Gasteiger partial charge in [-0.1, -0.05) is 32.4 Å². The van der Waals surface area contributed by atoms with Crippen LogP contribution in [-0.4, -0.2) is 25.1 Å². The van der Waals surface area contributed by atoms with E-state index in [9.17, 15) is 0 Å². The van der Waals surface area contributed by atoms with E-state index in [0.29, 0.717) is 0 Å². The van der Waals surface area contributed by atoms with Crippen molar-refractivity contribution in [3.05, 3.63) is 54.4 Å². The maximum atomic E-state index is 4.86. The number of hydrogen-bond donors (Lipinski definition) is 1. The molecule has 0 fully saturated rings. The van der Waals surface area contributed by atoms with Crippen molar-refractivity contribution in [3.63, 3.8) is 0 Å². The maximum absolute atomic E-state index is 4.86. The lowest BCUT2D eigenvalue weighted by Crippen LogP contribution is -2.26. The Hall–Kier alpha value is -2.29. The third-order valence-electron chi connectivity index (χ3n) is 4.71. The molecule has 0 radical (unpaired) electrons. The summed E-state index contributed by atoms with van der Waals surface area (Å²) in [6.07, 6.45) is 8.27. The molecule has 26 heavy (non-hydrogen) atoms. The molecule has 2 rings (SSSR count). The topological polar surface area (TPSA) is 28.2 Å². The van der Waals surface area contributed by atoms with E-state index >= 15 is 0 Å². The Balaban J connectivity index is 2.51. The number of anilines is 2. The van der Waals surface area contributed by atoms with Crippen LogP contribution in [0.3, 0.4) is 0 Å². The van der Waals surface area contributed by atoms with Crippen molar-refractivity contribution >= 4 is 11.4 Å². The normalized spacial score (nSPS) is 10.6. The zero-order valence-corrected chi connectivity index (χ0v) is 16.8. The van der Waals surface area contributed by atoms with Crippen LogP contribution in [0.15, 0.2) is 43.1 Å². The van der Waals surface area contributed by atoms with Gasteiger partial charge < -0.3 is 10.2 Å². The first kappa shape index (κ1) is 20.0. The Bertz CT molecular complexity index is 721. The summed E-state index contributed by atoms with van der Waals surface area (Å²) < 4.78 is 0. The minimum atomic E-state index is 0.990. The molecule has 1 heterocycles. The summed E-state index contributed by atoms with van der Waals surface area (Å²) in [7, 11) is 1.96. The van der Waals surface area contributed by atoms with Gasteiger partial charge in [0.05, 0.1) is 11.4 Å². The van der Waals surface area contributed by atoms with Gasteiger partial charge in [0.25, 0.3) is 0 Å². The first-order valence-electron chi connectivity index (χ1n) is 9.78. The first-order valence-corrected chi connectivity index (χ1v) is 9.78. The maximum Gasteiger partial charge on any atom is 0.0637 e. The molecule has 140 valence electrons. The molecule has 0 aliphatic carbocycles. The summed E-state index contributed by atoms with van der Waals surface area (Å²) >= 11 is 0. The van der Waals surface area contributed by atoms with Crippen molar-refractivity contribution in [3.8, 4) is 11.1 Å². The molecule has 0 unspecified atom stereocenters. The SMILES string of the molecule is C=CCCN(CCC)c1cc(-c2cc(NC)ccc2C)cnc1CCC. The van der Waals surface area contributed by atoms with E-state index in [4.69, 9.17) is 4.98 Å². The average molecular weight is 352 g/mol. The van der Waals surface area contributed by atoms with Crippen molar-refractivity contribution < 1.29 is 0 Å². The monoisotopic (exact) mass is 351 g/mol. The molecule has 0 spiro atoms. The fourth-order valence-electron chi connectivity index (χ4n) is 3.29. The van der Waals surface area contributed by atoms with Crippen LogP contribution in [0.2, 0.25) is 0 Å². The summed E-state index contributed by atoms with van der Waals surface area (Å²) in [6, 6.07) is 8.83. The van der Waals surface area contributed by atoms with E-state index in [-0.39, 0.29) is 0 Å². The van der Waals surface area contributed by atoms with Gasteiger partial charge in [0, 0.05) is 37.6 Å². The van der Waals surface area contributed by atoms with Crippen LogP contribution in [0.25, 0.3) is 11.1 Å². The van der Waals surface area contributed by atoms with E-state index in [1.807, 2.05) is 19.3 Å². The minimum Gasteiger partial charge on any atom is -0.388 e. The first-order chi connectivity index (χ1) is 12.6. The summed E-state index contributed by atoms with van der Waals surface area (Å²) in [6.45, 7) is 12.5. The molecule has 0 saturated carbocycles. The molecule has 0 aliphatic heterocycles. The molecule has 2 aromatic rings. The van der Waals surface area contributed by atoms with Gasteiger partial charge >= 0.3 is 0 Å². The highest BCUT2D eigenvalue weighted by atomic mass is 15.1. The highest BCUT2D eigenvalue weighted by Gasteiger charge is 2.14. The number of benzene rings is 1. The molecule has 3 heteroatoms. The molecule has 0 atom stereocenters. The number of aromatic nitrogens is 1. The summed E-state index contributed by atoms with van der Waals surface area (Å²) in [5, 5.41) is 3.24. The Labute approximate surface area is 159 Å². The minimum absolute atomic E-state index is 0.990. The van der Waals surface area contributed by atoms with Gasteiger partial charge in [0.1, 0.15) is 0 Å². The van der Waals surface area contributed by atoms with E-state index in [0.717, 1.165) is 44.5 Å². The van der Waals surface area contributed by atoms with Gasteiger partial charge in [-0.05, 0) is 55.5 Å². The number of hydrogen-bond acceptors (Lipinski definition) is 3. The fourth-order valence-corrected chi connectivity index (χ4v) is 3.29. The molecule has 0 bridgehead atoms. The molecule has 3 nitrogen and oxygen atoms in total. The summed E-state index contributed by atoms with van der Waals surface area (Å²) in [4.78, 5) is 7.34. The lowest BCUT2D eigenvalue weighted by molar-refractivity contribution is 0.750. The molecule has 1 aromatic carbocycles. The van der Waals surface area contributed by atoms with Crippen LogP contribution in [0, 0.1) is 6.92 Å². The van der Waals surface area contributed by atoms with Gasteiger partial charge in [0.2, 0.25) is 0 Å². The average Bonchev–Trinajstić information content (AvgIpc) is 2.66. The lowest BCUT2D eigenvalue weighted by atomic mass is 9.99. The quantitative estimate of drug-likeness (QED) is 0.545. The van der Waals surface area contributed by atoms with E-state index in [1.165, 1.54) is 28.1 Å². The summed E-state index contributed by atoms with van der Waals surface area (Å²) in [5.74, 6) is 0. The standard InChI is InChI=1S/C23H33N3/c1-6-9-14-26(13-8-3)23-15-19(17-25-22(23)10-7-2)21-16-20(24-5)12-11-18(21)4/h6,11-12,15-17,24H,1,7-10,13-14H2,2-5H3. The van der Waals surface area contributed by atoms with Crippen LogP contribution < -0.4 is 10.2 Å². The molecule has 0 aliphatic rings. The number of aryl methyl sites for hydroxylation is 2. The van der Waals surface area contributed by atoms with Gasteiger partial charge in [0.15, 0.2) is 0 Å². The molecular weight excluding hydrogens is 318 g/mol. The largest absolute Gasteiger partial charge is 0.388 e. The van der Waals surface area contributed by atoms with Crippen LogP contribution in [0.1, 0.15) is 44.4 Å². The Morgan fingerprint density at radius 1 is 1.15 bits per heavy atom. The number of nitrogens with zero attached hydrogens (tertiary/aromatic N) is 2. The number of nitrogens with one attached hydrogen (secondary N) is 1. The second-order valence-corrected chi connectivity index (χ2v) is 6.78. The molecule has 1 N–H and O–H groups in total. The summed E-state index contributed by atoms with van der Waals surface area (Å²) in [5.41, 5.74) is 7.32. The van der Waals surface area contributed by atoms with Crippen LogP contribution in [0.5, 0.6) is 0 Å². The van der Waals surface area contributed by atoms with E-state index in [2.05, 4.69) is 61.8 Å². The second kappa shape index (κ2) is 10.0. The third-order valence-corrected chi connectivity index (χ3v) is 4.71. The van der Waals surface area contributed by atoms with E-state index < -0.39 is 0 Å². The van der Waals surface area contributed by atoms with Crippen LogP contribution in [-0.2, 0) is 6.42 Å². The number of rotatable bonds is 10. The smallest absolute Gasteiger partial charge is 0.0637 e. The lowest BCUT2D eigenvalue weighted by Gasteiger charge is -2.27. The Morgan fingerprint density at radius 3 is 2.62 bits per heavy atom. The van der Waals surface area contributed by atoms with Gasteiger partial charge in [-0.3, -0.25) is 4.98 Å². The van der Waals surface area contributed by atoms with Crippen molar-refractivity contribution in [2.45, 2.75) is 46.5 Å². The molecular formula is C23H33N3. The Kier molecular flexibility index (Phi) is 7.71. The van der Waals surface area contributed by atoms with Gasteiger partial charge in [-0.15, -0.1) is 6.58 Å². The fraction of sp³-hybridized carbons (Fsp3) is 0.435. The van der Waals surface area contributed by atoms with Gasteiger partial charge in [-0.25, -0.2) is 0 Å². The van der Waals surface area contributed by atoms with Crippen LogP contribution >= 0.6 is 0 Å². The van der Waals surface area contributed by atoms with Gasteiger partial charge in [-0.2, -0.15) is 0 Å². The highest BCUT2D eigenvalue weighted by Crippen LogP contribution is 2.31. The third kappa shape index (κ3) is 4.87. The second-order valence-electron chi connectivity index (χ2n) is 6.78. The Morgan fingerprint density at radius 2 is 1.96 bits per heavy atom. The predicted molar refractivity (Wildman–Crippen MR) is 115 cm³/mol. The number of pyridine rings is 1. The highest BCUT2D eigenvalue weighted by molar-refractivity contribution is 5.74. The van der Waals surface area contributed by atoms with Crippen molar-refractivity contribution in [2.75, 3.05) is 30.4 Å². The predicted octanol–water partition coefficient (Wildman–Crippen LogP) is 5.84.